The number of primary amides is 1. The van der Waals surface area contributed by atoms with Crippen molar-refractivity contribution in [3.63, 3.8) is 0 Å². The summed E-state index contributed by atoms with van der Waals surface area (Å²) in [6.45, 7) is 3.42. The van der Waals surface area contributed by atoms with Crippen LogP contribution in [0.25, 0.3) is 11.0 Å². The Kier molecular flexibility index (Phi) is 4.68. The summed E-state index contributed by atoms with van der Waals surface area (Å²) in [6.07, 6.45) is -0.273. The molecule has 0 saturated carbocycles. The fourth-order valence-electron chi connectivity index (χ4n) is 3.02. The van der Waals surface area contributed by atoms with Crippen molar-refractivity contribution in [1.82, 2.24) is 0 Å². The van der Waals surface area contributed by atoms with Gasteiger partial charge in [0.05, 0.1) is 28.6 Å². The van der Waals surface area contributed by atoms with Crippen molar-refractivity contribution in [3.8, 4) is 5.75 Å². The number of rotatable bonds is 4. The molecule has 138 valence electrons. The highest BCUT2D eigenvalue weighted by Gasteiger charge is 2.18. The Labute approximate surface area is 154 Å². The molecule has 27 heavy (non-hydrogen) atoms. The lowest BCUT2D eigenvalue weighted by molar-refractivity contribution is -0.115. The first-order valence-electron chi connectivity index (χ1n) is 8.22. The van der Waals surface area contributed by atoms with Crippen molar-refractivity contribution < 1.29 is 19.1 Å². The summed E-state index contributed by atoms with van der Waals surface area (Å²) in [5.74, 6) is -1.20. The van der Waals surface area contributed by atoms with Gasteiger partial charge in [-0.1, -0.05) is 12.1 Å². The van der Waals surface area contributed by atoms with Crippen LogP contribution in [0.2, 0.25) is 0 Å². The van der Waals surface area contributed by atoms with Crippen LogP contribution >= 0.6 is 0 Å². The predicted octanol–water partition coefficient (Wildman–Crippen LogP) is 2.40. The van der Waals surface area contributed by atoms with Gasteiger partial charge in [0.25, 0.3) is 5.91 Å². The number of carbonyl (C=O) groups excluding carboxylic acids is 2. The number of hydrogen-bond donors (Lipinski definition) is 3. The first-order valence-corrected chi connectivity index (χ1v) is 8.22. The second kappa shape index (κ2) is 6.95. The van der Waals surface area contributed by atoms with E-state index in [2.05, 4.69) is 5.32 Å². The maximum Gasteiger partial charge on any atom is 0.340 e. The minimum Gasteiger partial charge on any atom is -0.507 e. The van der Waals surface area contributed by atoms with Crippen LogP contribution < -0.4 is 16.7 Å². The second-order valence-electron chi connectivity index (χ2n) is 6.29. The number of carbonyl (C=O) groups is 2. The number of fused-ring (bicyclic) bond motifs is 1. The Morgan fingerprint density at radius 2 is 1.89 bits per heavy atom. The molecule has 0 unspecified atom stereocenters. The molecule has 1 aromatic heterocycles. The molecule has 0 aliphatic rings. The monoisotopic (exact) mass is 366 g/mol. The van der Waals surface area contributed by atoms with Crippen LogP contribution in [0.15, 0.2) is 45.6 Å². The normalized spacial score (nSPS) is 10.7. The lowest BCUT2D eigenvalue weighted by Gasteiger charge is -2.11. The number of benzene rings is 2. The maximum atomic E-state index is 12.4. The number of anilines is 1. The topological polar surface area (TPSA) is 123 Å². The van der Waals surface area contributed by atoms with Crippen molar-refractivity contribution in [2.24, 2.45) is 5.73 Å². The third-order valence-corrected chi connectivity index (χ3v) is 4.31. The van der Waals surface area contributed by atoms with Crippen LogP contribution in [-0.4, -0.2) is 16.9 Å². The number of hydrogen-bond acceptors (Lipinski definition) is 5. The third kappa shape index (κ3) is 3.52. The van der Waals surface area contributed by atoms with E-state index >= 15 is 0 Å². The van der Waals surface area contributed by atoms with Crippen molar-refractivity contribution in [3.05, 3.63) is 69.1 Å². The van der Waals surface area contributed by atoms with E-state index in [0.29, 0.717) is 10.9 Å². The van der Waals surface area contributed by atoms with Gasteiger partial charge in [-0.05, 0) is 49.2 Å². The zero-order valence-electron chi connectivity index (χ0n) is 14.8. The Balaban J connectivity index is 1.97. The number of para-hydroxylation sites is 1. The Morgan fingerprint density at radius 1 is 1.19 bits per heavy atom. The van der Waals surface area contributed by atoms with Gasteiger partial charge in [-0.2, -0.15) is 0 Å². The standard InChI is InChI=1S/C20H18N2O5/c1-10-7-15(23)18-11(2)13(20(26)27-16(18)8-10)9-17(24)22-14-6-4-3-5-12(14)19(21)25/h3-8,23H,9H2,1-2H3,(H2,21,25)(H,22,24). The summed E-state index contributed by atoms with van der Waals surface area (Å²) in [4.78, 5) is 36.2. The summed E-state index contributed by atoms with van der Waals surface area (Å²) in [5, 5.41) is 13.2. The number of nitrogens with one attached hydrogen (secondary N) is 1. The van der Waals surface area contributed by atoms with Gasteiger partial charge in [0, 0.05) is 0 Å². The number of amides is 2. The molecule has 0 saturated heterocycles. The van der Waals surface area contributed by atoms with Crippen molar-refractivity contribution in [2.45, 2.75) is 20.3 Å². The van der Waals surface area contributed by atoms with E-state index in [1.54, 1.807) is 44.2 Å². The molecule has 0 radical (unpaired) electrons. The van der Waals surface area contributed by atoms with E-state index in [4.69, 9.17) is 10.2 Å². The van der Waals surface area contributed by atoms with E-state index in [0.717, 1.165) is 5.56 Å². The quantitative estimate of drug-likeness (QED) is 0.612. The molecule has 3 aromatic rings. The van der Waals surface area contributed by atoms with Gasteiger partial charge in [-0.3, -0.25) is 9.59 Å². The van der Waals surface area contributed by atoms with Crippen molar-refractivity contribution in [2.75, 3.05) is 5.32 Å². The molecule has 0 aliphatic carbocycles. The lowest BCUT2D eigenvalue weighted by Crippen LogP contribution is -2.22. The van der Waals surface area contributed by atoms with E-state index in [1.165, 1.54) is 6.07 Å². The molecule has 7 nitrogen and oxygen atoms in total. The second-order valence-corrected chi connectivity index (χ2v) is 6.29. The highest BCUT2D eigenvalue weighted by molar-refractivity contribution is 6.03. The first kappa shape index (κ1) is 18.2. The van der Waals surface area contributed by atoms with E-state index in [9.17, 15) is 19.5 Å². The third-order valence-electron chi connectivity index (χ3n) is 4.31. The average Bonchev–Trinajstić information content (AvgIpc) is 2.58. The van der Waals surface area contributed by atoms with Crippen LogP contribution in [0, 0.1) is 13.8 Å². The Hall–Kier alpha value is -3.61. The molecule has 0 bridgehead atoms. The zero-order valence-corrected chi connectivity index (χ0v) is 14.8. The fraction of sp³-hybridized carbons (Fsp3) is 0.150. The van der Waals surface area contributed by atoms with Crippen LogP contribution in [0.5, 0.6) is 5.75 Å². The van der Waals surface area contributed by atoms with Gasteiger partial charge in [-0.15, -0.1) is 0 Å². The van der Waals surface area contributed by atoms with E-state index < -0.39 is 17.4 Å². The largest absolute Gasteiger partial charge is 0.507 e. The molecule has 0 atom stereocenters. The summed E-state index contributed by atoms with van der Waals surface area (Å²) in [6, 6.07) is 9.52. The van der Waals surface area contributed by atoms with Crippen LogP contribution in [0.1, 0.15) is 27.0 Å². The summed E-state index contributed by atoms with van der Waals surface area (Å²) >= 11 is 0. The molecular formula is C20H18N2O5. The number of aryl methyl sites for hydroxylation is 2. The van der Waals surface area contributed by atoms with Gasteiger partial charge in [-0.25, -0.2) is 4.79 Å². The predicted molar refractivity (Wildman–Crippen MR) is 101 cm³/mol. The zero-order chi connectivity index (χ0) is 19.7. The molecule has 0 aliphatic heterocycles. The van der Waals surface area contributed by atoms with Gasteiger partial charge in [0.2, 0.25) is 5.91 Å². The van der Waals surface area contributed by atoms with Crippen LogP contribution in [-0.2, 0) is 11.2 Å². The van der Waals surface area contributed by atoms with Gasteiger partial charge < -0.3 is 20.6 Å². The Morgan fingerprint density at radius 3 is 2.59 bits per heavy atom. The van der Waals surface area contributed by atoms with Gasteiger partial charge in [0.15, 0.2) is 0 Å². The van der Waals surface area contributed by atoms with Gasteiger partial charge >= 0.3 is 5.63 Å². The van der Waals surface area contributed by atoms with Crippen LogP contribution in [0.3, 0.4) is 0 Å². The van der Waals surface area contributed by atoms with Crippen molar-refractivity contribution >= 4 is 28.5 Å². The first-order chi connectivity index (χ1) is 12.8. The van der Waals surface area contributed by atoms with Crippen molar-refractivity contribution in [1.29, 1.82) is 0 Å². The molecule has 2 amide bonds. The minimum atomic E-state index is -0.674. The molecule has 7 heteroatoms. The highest BCUT2D eigenvalue weighted by atomic mass is 16.4. The molecule has 4 N–H and O–H groups in total. The van der Waals surface area contributed by atoms with E-state index in [-0.39, 0.29) is 34.6 Å². The van der Waals surface area contributed by atoms with E-state index in [1.807, 2.05) is 0 Å². The number of phenols is 1. The molecule has 1 heterocycles. The summed E-state index contributed by atoms with van der Waals surface area (Å²) in [5.41, 5.74) is 6.69. The summed E-state index contributed by atoms with van der Waals surface area (Å²) in [7, 11) is 0. The molecular weight excluding hydrogens is 348 g/mol. The molecule has 0 spiro atoms. The minimum absolute atomic E-state index is 0.0213. The molecule has 0 fully saturated rings. The maximum absolute atomic E-state index is 12.4. The fourth-order valence-corrected chi connectivity index (χ4v) is 3.02. The molecule has 3 rings (SSSR count). The number of aromatic hydroxyl groups is 1. The summed E-state index contributed by atoms with van der Waals surface area (Å²) < 4.78 is 5.28. The highest BCUT2D eigenvalue weighted by Crippen LogP contribution is 2.30. The number of phenolic OH excluding ortho intramolecular Hbond substituents is 1. The SMILES string of the molecule is Cc1cc(O)c2c(C)c(CC(=O)Nc3ccccc3C(N)=O)c(=O)oc2c1. The van der Waals surface area contributed by atoms with Crippen LogP contribution in [0.4, 0.5) is 5.69 Å². The smallest absolute Gasteiger partial charge is 0.340 e. The van der Waals surface area contributed by atoms with Gasteiger partial charge in [0.1, 0.15) is 11.3 Å². The number of nitrogens with two attached hydrogens (primary N) is 1. The lowest BCUT2D eigenvalue weighted by atomic mass is 10.0. The molecule has 2 aromatic carbocycles. The average molecular weight is 366 g/mol. The Bertz CT molecular complexity index is 1130.